The molecule has 1 aliphatic carbocycles. The van der Waals surface area contributed by atoms with E-state index < -0.39 is 0 Å². The summed E-state index contributed by atoms with van der Waals surface area (Å²) in [7, 11) is 1.69. The highest BCUT2D eigenvalue weighted by molar-refractivity contribution is 7.13. The Labute approximate surface area is 94.9 Å². The lowest BCUT2D eigenvalue weighted by Crippen LogP contribution is -2.34. The summed E-state index contributed by atoms with van der Waals surface area (Å²) in [6.45, 7) is 3.33. The van der Waals surface area contributed by atoms with Gasteiger partial charge in [-0.05, 0) is 32.2 Å². The first kappa shape index (κ1) is 10.9. The van der Waals surface area contributed by atoms with E-state index in [0.717, 1.165) is 24.6 Å². The van der Waals surface area contributed by atoms with Crippen molar-refractivity contribution in [2.45, 2.75) is 38.6 Å². The Kier molecular flexibility index (Phi) is 3.59. The van der Waals surface area contributed by atoms with Crippen LogP contribution in [0.25, 0.3) is 0 Å². The van der Waals surface area contributed by atoms with Gasteiger partial charge in [0.15, 0.2) is 0 Å². The smallest absolute Gasteiger partial charge is 0.273 e. The topological polar surface area (TPSA) is 34.2 Å². The van der Waals surface area contributed by atoms with Crippen molar-refractivity contribution in [3.05, 3.63) is 10.6 Å². The van der Waals surface area contributed by atoms with Gasteiger partial charge in [-0.3, -0.25) is 0 Å². The number of rotatable bonds is 4. The fourth-order valence-corrected chi connectivity index (χ4v) is 2.96. The van der Waals surface area contributed by atoms with Crippen molar-refractivity contribution in [2.24, 2.45) is 0 Å². The number of nitrogens with zero attached hydrogens (tertiary/aromatic N) is 1. The zero-order chi connectivity index (χ0) is 10.7. The molecular formula is C11H18N2OS. The second-order valence-corrected chi connectivity index (χ2v) is 4.99. The van der Waals surface area contributed by atoms with Gasteiger partial charge in [0.05, 0.1) is 12.8 Å². The van der Waals surface area contributed by atoms with Crippen molar-refractivity contribution in [2.75, 3.05) is 13.7 Å². The summed E-state index contributed by atoms with van der Waals surface area (Å²) >= 11 is 1.70. The zero-order valence-corrected chi connectivity index (χ0v) is 10.2. The second-order valence-electron chi connectivity index (χ2n) is 3.95. The van der Waals surface area contributed by atoms with Crippen LogP contribution in [-0.4, -0.2) is 24.7 Å². The van der Waals surface area contributed by atoms with Crippen LogP contribution in [0.1, 0.15) is 30.3 Å². The van der Waals surface area contributed by atoms with Gasteiger partial charge in [0.2, 0.25) is 0 Å². The number of nitrogens with one attached hydrogen (secondary N) is 1. The molecule has 84 valence electrons. The molecule has 0 radical (unpaired) electrons. The van der Waals surface area contributed by atoms with Crippen molar-refractivity contribution >= 4 is 11.3 Å². The Morgan fingerprint density at radius 2 is 2.47 bits per heavy atom. The Balaban J connectivity index is 1.99. The van der Waals surface area contributed by atoms with Crippen LogP contribution in [-0.2, 0) is 12.8 Å². The minimum atomic E-state index is 0.641. The van der Waals surface area contributed by atoms with Crippen LogP contribution in [0.15, 0.2) is 0 Å². The fourth-order valence-electron chi connectivity index (χ4n) is 1.96. The van der Waals surface area contributed by atoms with E-state index in [1.54, 1.807) is 18.4 Å². The van der Waals surface area contributed by atoms with Gasteiger partial charge in [-0.25, -0.2) is 4.98 Å². The van der Waals surface area contributed by atoms with Crippen LogP contribution in [0.2, 0.25) is 0 Å². The number of hydrogen-bond donors (Lipinski definition) is 1. The molecule has 4 heteroatoms. The first-order valence-corrected chi connectivity index (χ1v) is 6.41. The van der Waals surface area contributed by atoms with E-state index >= 15 is 0 Å². The van der Waals surface area contributed by atoms with Crippen molar-refractivity contribution in [1.82, 2.24) is 10.3 Å². The number of methoxy groups -OCH3 is 1. The van der Waals surface area contributed by atoms with E-state index in [-0.39, 0.29) is 0 Å². The highest BCUT2D eigenvalue weighted by Gasteiger charge is 2.22. The summed E-state index contributed by atoms with van der Waals surface area (Å²) in [5.41, 5.74) is 1.26. The lowest BCUT2D eigenvalue weighted by molar-refractivity contribution is 0.409. The lowest BCUT2D eigenvalue weighted by atomic mass is 9.98. The van der Waals surface area contributed by atoms with E-state index in [0.29, 0.717) is 6.04 Å². The number of aromatic nitrogens is 1. The summed E-state index contributed by atoms with van der Waals surface area (Å²) in [5.74, 6) is 0. The molecule has 0 aliphatic heterocycles. The van der Waals surface area contributed by atoms with Crippen LogP contribution < -0.4 is 10.1 Å². The second kappa shape index (κ2) is 4.94. The normalized spacial score (nSPS) is 20.0. The van der Waals surface area contributed by atoms with Gasteiger partial charge >= 0.3 is 0 Å². The number of aryl methyl sites for hydroxylation is 1. The predicted molar refractivity (Wildman–Crippen MR) is 62.8 cm³/mol. The zero-order valence-electron chi connectivity index (χ0n) is 9.38. The quantitative estimate of drug-likeness (QED) is 0.852. The van der Waals surface area contributed by atoms with Crippen molar-refractivity contribution in [3.8, 4) is 5.19 Å². The minimum Gasteiger partial charge on any atom is -0.473 e. The van der Waals surface area contributed by atoms with E-state index in [2.05, 4.69) is 17.2 Å². The Hall–Kier alpha value is -0.610. The van der Waals surface area contributed by atoms with Crippen LogP contribution in [0.3, 0.4) is 0 Å². The molecule has 0 amide bonds. The number of thiazole rings is 1. The minimum absolute atomic E-state index is 0.641. The largest absolute Gasteiger partial charge is 0.473 e. The fraction of sp³-hybridized carbons (Fsp3) is 0.727. The summed E-state index contributed by atoms with van der Waals surface area (Å²) < 4.78 is 5.17. The molecule has 0 bridgehead atoms. The molecule has 15 heavy (non-hydrogen) atoms. The molecule has 1 aliphatic rings. The maximum absolute atomic E-state index is 5.17. The van der Waals surface area contributed by atoms with Gasteiger partial charge < -0.3 is 10.1 Å². The number of hydrogen-bond acceptors (Lipinski definition) is 4. The van der Waals surface area contributed by atoms with E-state index in [9.17, 15) is 0 Å². The van der Waals surface area contributed by atoms with Gasteiger partial charge in [0.25, 0.3) is 5.19 Å². The average molecular weight is 226 g/mol. The Bertz CT molecular complexity index is 324. The Morgan fingerprint density at radius 1 is 1.60 bits per heavy atom. The van der Waals surface area contributed by atoms with Crippen molar-refractivity contribution < 1.29 is 4.74 Å². The van der Waals surface area contributed by atoms with E-state index in [1.165, 1.54) is 23.4 Å². The maximum atomic E-state index is 5.17. The molecule has 2 rings (SSSR count). The van der Waals surface area contributed by atoms with Crippen molar-refractivity contribution in [3.63, 3.8) is 0 Å². The molecule has 1 atom stereocenters. The molecule has 0 aromatic carbocycles. The molecule has 1 heterocycles. The molecular weight excluding hydrogens is 208 g/mol. The molecule has 1 aromatic heterocycles. The third-order valence-electron chi connectivity index (χ3n) is 2.78. The molecule has 1 aromatic rings. The first-order chi connectivity index (χ1) is 7.33. The first-order valence-electron chi connectivity index (χ1n) is 5.59. The van der Waals surface area contributed by atoms with Crippen LogP contribution in [0, 0.1) is 0 Å². The summed E-state index contributed by atoms with van der Waals surface area (Å²) in [6, 6.07) is 0.641. The summed E-state index contributed by atoms with van der Waals surface area (Å²) in [5, 5.41) is 4.39. The molecule has 3 nitrogen and oxygen atoms in total. The third kappa shape index (κ3) is 2.49. The SMILES string of the molecule is CCCNC1CCc2nc(OC)sc2C1. The average Bonchev–Trinajstić information content (AvgIpc) is 2.68. The molecule has 1 unspecified atom stereocenters. The van der Waals surface area contributed by atoms with Gasteiger partial charge in [0.1, 0.15) is 0 Å². The summed E-state index contributed by atoms with van der Waals surface area (Å²) in [4.78, 5) is 5.86. The van der Waals surface area contributed by atoms with Crippen molar-refractivity contribution in [1.29, 1.82) is 0 Å². The van der Waals surface area contributed by atoms with Gasteiger partial charge in [-0.15, -0.1) is 0 Å². The van der Waals surface area contributed by atoms with Gasteiger partial charge in [0, 0.05) is 10.9 Å². The standard InChI is InChI=1S/C11H18N2OS/c1-3-6-12-8-4-5-9-10(7-8)15-11(13-9)14-2/h8,12H,3-7H2,1-2H3. The lowest BCUT2D eigenvalue weighted by Gasteiger charge is -2.21. The maximum Gasteiger partial charge on any atom is 0.273 e. The molecule has 0 saturated heterocycles. The number of ether oxygens (including phenoxy) is 1. The summed E-state index contributed by atoms with van der Waals surface area (Å²) in [6.07, 6.45) is 4.63. The molecule has 1 N–H and O–H groups in total. The molecule has 0 saturated carbocycles. The van der Waals surface area contributed by atoms with E-state index in [4.69, 9.17) is 4.74 Å². The van der Waals surface area contributed by atoms with Crippen LogP contribution in [0.5, 0.6) is 5.19 Å². The highest BCUT2D eigenvalue weighted by Crippen LogP contribution is 2.30. The van der Waals surface area contributed by atoms with Gasteiger partial charge in [-0.1, -0.05) is 18.3 Å². The monoisotopic (exact) mass is 226 g/mol. The van der Waals surface area contributed by atoms with Gasteiger partial charge in [-0.2, -0.15) is 0 Å². The molecule has 0 spiro atoms. The van der Waals surface area contributed by atoms with E-state index in [1.807, 2.05) is 0 Å². The third-order valence-corrected chi connectivity index (χ3v) is 3.86. The van der Waals surface area contributed by atoms with Crippen LogP contribution in [0.4, 0.5) is 0 Å². The highest BCUT2D eigenvalue weighted by atomic mass is 32.1. The molecule has 0 fully saturated rings. The Morgan fingerprint density at radius 3 is 3.20 bits per heavy atom. The number of fused-ring (bicyclic) bond motifs is 1. The predicted octanol–water partition coefficient (Wildman–Crippen LogP) is 2.01. The van der Waals surface area contributed by atoms with Crippen LogP contribution >= 0.6 is 11.3 Å².